The van der Waals surface area contributed by atoms with Gasteiger partial charge in [0.15, 0.2) is 0 Å². The molecular weight excluding hydrogens is 348 g/mol. The van der Waals surface area contributed by atoms with Gasteiger partial charge < -0.3 is 5.32 Å². The number of sulfonamides is 1. The Hall–Kier alpha value is -0.900. The van der Waals surface area contributed by atoms with E-state index in [0.717, 1.165) is 10.4 Å². The van der Waals surface area contributed by atoms with Crippen LogP contribution in [0.4, 0.5) is 17.6 Å². The van der Waals surface area contributed by atoms with Crippen LogP contribution in [-0.2, 0) is 16.2 Å². The lowest BCUT2D eigenvalue weighted by Gasteiger charge is -2.32. The van der Waals surface area contributed by atoms with Crippen molar-refractivity contribution >= 4 is 22.4 Å². The maximum atomic E-state index is 13.5. The second-order valence-corrected chi connectivity index (χ2v) is 6.70. The average molecular weight is 363 g/mol. The minimum absolute atomic E-state index is 0. The van der Waals surface area contributed by atoms with E-state index in [1.54, 1.807) is 6.92 Å². The summed E-state index contributed by atoms with van der Waals surface area (Å²) in [4.78, 5) is -0.471. The van der Waals surface area contributed by atoms with Gasteiger partial charge in [0.1, 0.15) is 5.82 Å². The third-order valence-electron chi connectivity index (χ3n) is 3.29. The zero-order valence-corrected chi connectivity index (χ0v) is 13.2. The van der Waals surface area contributed by atoms with Crippen molar-refractivity contribution in [3.05, 3.63) is 29.6 Å². The Morgan fingerprint density at radius 3 is 2.45 bits per heavy atom. The molecule has 1 aromatic carbocycles. The van der Waals surface area contributed by atoms with Crippen LogP contribution in [0.25, 0.3) is 0 Å². The van der Waals surface area contributed by atoms with E-state index >= 15 is 0 Å². The lowest BCUT2D eigenvalue weighted by Crippen LogP contribution is -2.52. The minimum atomic E-state index is -4.85. The van der Waals surface area contributed by atoms with Crippen LogP contribution in [0.5, 0.6) is 0 Å². The minimum Gasteiger partial charge on any atom is -0.314 e. The highest BCUT2D eigenvalue weighted by Gasteiger charge is 2.36. The van der Waals surface area contributed by atoms with Crippen LogP contribution >= 0.6 is 12.4 Å². The van der Waals surface area contributed by atoms with Crippen molar-refractivity contribution in [2.75, 3.05) is 19.6 Å². The van der Waals surface area contributed by atoms with Gasteiger partial charge in [0.05, 0.1) is 10.5 Å². The fourth-order valence-electron chi connectivity index (χ4n) is 2.20. The van der Waals surface area contributed by atoms with Crippen LogP contribution in [0.3, 0.4) is 0 Å². The van der Waals surface area contributed by atoms with Gasteiger partial charge in [-0.25, -0.2) is 12.8 Å². The highest BCUT2D eigenvalue weighted by Crippen LogP contribution is 2.32. The Balaban J connectivity index is 0.00000242. The number of nitrogens with zero attached hydrogens (tertiary/aromatic N) is 1. The van der Waals surface area contributed by atoms with Gasteiger partial charge in [0.25, 0.3) is 0 Å². The number of nitrogens with one attached hydrogen (secondary N) is 1. The molecular formula is C12H15ClF4N2O2S. The molecule has 0 aliphatic carbocycles. The molecule has 1 fully saturated rings. The Labute approximate surface area is 132 Å². The van der Waals surface area contributed by atoms with Gasteiger partial charge in [-0.15, -0.1) is 12.4 Å². The average Bonchev–Trinajstić information content (AvgIpc) is 2.37. The summed E-state index contributed by atoms with van der Waals surface area (Å²) in [6.45, 7) is 2.73. The molecule has 22 heavy (non-hydrogen) atoms. The standard InChI is InChI=1S/C12H14F4N2O2S.ClH/c1-8-7-17-4-5-18(8)21(19,20)9-2-3-10(11(13)6-9)12(14,15)16;/h2-3,6,8,17H,4-5,7H2,1H3;1H. The zero-order valence-electron chi connectivity index (χ0n) is 11.5. The van der Waals surface area contributed by atoms with Crippen molar-refractivity contribution in [1.29, 1.82) is 0 Å². The van der Waals surface area contributed by atoms with Gasteiger partial charge >= 0.3 is 6.18 Å². The molecule has 0 spiro atoms. The van der Waals surface area contributed by atoms with Crippen molar-refractivity contribution in [3.8, 4) is 0 Å². The highest BCUT2D eigenvalue weighted by atomic mass is 35.5. The summed E-state index contributed by atoms with van der Waals surface area (Å²) in [7, 11) is -4.01. The Bertz CT molecular complexity index is 637. The fourth-order valence-corrected chi connectivity index (χ4v) is 3.84. The van der Waals surface area contributed by atoms with E-state index in [9.17, 15) is 26.0 Å². The molecule has 4 nitrogen and oxygen atoms in total. The number of alkyl halides is 3. The van der Waals surface area contributed by atoms with Crippen LogP contribution in [0, 0.1) is 5.82 Å². The second-order valence-electron chi connectivity index (χ2n) is 4.81. The van der Waals surface area contributed by atoms with E-state index in [1.807, 2.05) is 0 Å². The zero-order chi connectivity index (χ0) is 15.8. The van der Waals surface area contributed by atoms with Crippen molar-refractivity contribution in [2.24, 2.45) is 0 Å². The van der Waals surface area contributed by atoms with E-state index in [0.29, 0.717) is 25.2 Å². The van der Waals surface area contributed by atoms with Crippen molar-refractivity contribution < 1.29 is 26.0 Å². The van der Waals surface area contributed by atoms with Gasteiger partial charge in [-0.1, -0.05) is 0 Å². The third kappa shape index (κ3) is 3.70. The first-order chi connectivity index (χ1) is 9.64. The molecule has 0 aromatic heterocycles. The smallest absolute Gasteiger partial charge is 0.314 e. The number of benzene rings is 1. The summed E-state index contributed by atoms with van der Waals surface area (Å²) in [5, 5.41) is 3.00. The summed E-state index contributed by atoms with van der Waals surface area (Å²) in [6, 6.07) is 1.31. The van der Waals surface area contributed by atoms with Crippen LogP contribution in [0.15, 0.2) is 23.1 Å². The van der Waals surface area contributed by atoms with Gasteiger partial charge in [-0.3, -0.25) is 0 Å². The van der Waals surface area contributed by atoms with Gasteiger partial charge in [-0.2, -0.15) is 17.5 Å². The summed E-state index contributed by atoms with van der Waals surface area (Å²) in [5.74, 6) is -1.59. The molecule has 1 N–H and O–H groups in total. The molecule has 1 unspecified atom stereocenters. The first kappa shape index (κ1) is 19.1. The number of hydrogen-bond acceptors (Lipinski definition) is 3. The topological polar surface area (TPSA) is 49.4 Å². The van der Waals surface area contributed by atoms with E-state index in [4.69, 9.17) is 0 Å². The Morgan fingerprint density at radius 1 is 1.32 bits per heavy atom. The quantitative estimate of drug-likeness (QED) is 0.821. The molecule has 1 aliphatic heterocycles. The second kappa shape index (κ2) is 6.69. The Morgan fingerprint density at radius 2 is 1.95 bits per heavy atom. The predicted octanol–water partition coefficient (Wildman–Crippen LogP) is 2.25. The van der Waals surface area contributed by atoms with Crippen molar-refractivity contribution in [3.63, 3.8) is 0 Å². The maximum Gasteiger partial charge on any atom is 0.419 e. The van der Waals surface area contributed by atoms with Gasteiger partial charge in [0, 0.05) is 25.7 Å². The number of hydrogen-bond donors (Lipinski definition) is 1. The van der Waals surface area contributed by atoms with Crippen molar-refractivity contribution in [2.45, 2.75) is 24.0 Å². The van der Waals surface area contributed by atoms with E-state index in [2.05, 4.69) is 5.32 Å². The summed E-state index contributed by atoms with van der Waals surface area (Å²) < 4.78 is 76.9. The number of piperazine rings is 1. The molecule has 1 aromatic rings. The molecule has 1 aliphatic rings. The molecule has 0 saturated carbocycles. The van der Waals surface area contributed by atoms with Crippen LogP contribution in [0.2, 0.25) is 0 Å². The molecule has 126 valence electrons. The summed E-state index contributed by atoms with van der Waals surface area (Å²) in [5.41, 5.74) is -1.48. The van der Waals surface area contributed by atoms with Crippen LogP contribution in [-0.4, -0.2) is 38.4 Å². The first-order valence-corrected chi connectivity index (χ1v) is 7.67. The van der Waals surface area contributed by atoms with Crippen LogP contribution in [0.1, 0.15) is 12.5 Å². The summed E-state index contributed by atoms with van der Waals surface area (Å²) in [6.07, 6.45) is -4.85. The summed E-state index contributed by atoms with van der Waals surface area (Å²) >= 11 is 0. The highest BCUT2D eigenvalue weighted by molar-refractivity contribution is 7.89. The number of halogens is 5. The molecule has 1 heterocycles. The molecule has 10 heteroatoms. The lowest BCUT2D eigenvalue weighted by molar-refractivity contribution is -0.140. The molecule has 1 saturated heterocycles. The Kier molecular flexibility index (Phi) is 5.82. The normalized spacial score (nSPS) is 20.5. The van der Waals surface area contributed by atoms with Crippen molar-refractivity contribution in [1.82, 2.24) is 9.62 Å². The third-order valence-corrected chi connectivity index (χ3v) is 5.30. The monoisotopic (exact) mass is 362 g/mol. The fraction of sp³-hybridized carbons (Fsp3) is 0.500. The van der Waals surface area contributed by atoms with E-state index in [-0.39, 0.29) is 25.0 Å². The SMILES string of the molecule is CC1CNCCN1S(=O)(=O)c1ccc(C(F)(F)F)c(F)c1.Cl. The molecule has 2 rings (SSSR count). The predicted molar refractivity (Wildman–Crippen MR) is 74.9 cm³/mol. The first-order valence-electron chi connectivity index (χ1n) is 6.23. The van der Waals surface area contributed by atoms with E-state index in [1.165, 1.54) is 0 Å². The largest absolute Gasteiger partial charge is 0.419 e. The van der Waals surface area contributed by atoms with Gasteiger partial charge in [-0.05, 0) is 25.1 Å². The molecule has 0 bridgehead atoms. The molecule has 1 atom stereocenters. The van der Waals surface area contributed by atoms with Crippen LogP contribution < -0.4 is 5.32 Å². The van der Waals surface area contributed by atoms with Gasteiger partial charge in [0.2, 0.25) is 10.0 Å². The molecule has 0 radical (unpaired) electrons. The molecule has 0 amide bonds. The van der Waals surface area contributed by atoms with E-state index < -0.39 is 32.5 Å². The maximum absolute atomic E-state index is 13.5. The number of rotatable bonds is 2. The lowest BCUT2D eigenvalue weighted by atomic mass is 10.2.